The Morgan fingerprint density at radius 3 is 2.85 bits per heavy atom. The van der Waals surface area contributed by atoms with Crippen LogP contribution in [0.25, 0.3) is 0 Å². The fourth-order valence-corrected chi connectivity index (χ4v) is 4.96. The molecule has 1 aromatic heterocycles. The van der Waals surface area contributed by atoms with Crippen molar-refractivity contribution >= 4 is 5.91 Å². The molecular weight excluding hydrogens is 328 g/mol. The number of hydrogen-bond donors (Lipinski definition) is 0. The fraction of sp³-hybridized carbons (Fsp3) is 0.500. The molecule has 26 heavy (non-hydrogen) atoms. The number of ether oxygens (including phenoxy) is 1. The van der Waals surface area contributed by atoms with Gasteiger partial charge in [0, 0.05) is 44.7 Å². The third-order valence-electron chi connectivity index (χ3n) is 6.20. The Morgan fingerprint density at radius 1 is 1.31 bits per heavy atom. The summed E-state index contributed by atoms with van der Waals surface area (Å²) in [6, 6.07) is 10.4. The highest BCUT2D eigenvalue weighted by Gasteiger charge is 2.63. The Balaban J connectivity index is 1.41. The van der Waals surface area contributed by atoms with Gasteiger partial charge in [-0.3, -0.25) is 14.4 Å². The molecule has 136 valence electrons. The lowest BCUT2D eigenvalue weighted by molar-refractivity contribution is -0.138. The van der Waals surface area contributed by atoms with Crippen molar-refractivity contribution in [1.82, 2.24) is 19.6 Å². The smallest absolute Gasteiger partial charge is 0.226 e. The average molecular weight is 352 g/mol. The minimum Gasteiger partial charge on any atom is -0.344 e. The first-order chi connectivity index (χ1) is 12.6. The number of likely N-dealkylation sites (tertiary alicyclic amines) is 1. The van der Waals surface area contributed by atoms with Gasteiger partial charge in [-0.05, 0) is 12.5 Å². The lowest BCUT2D eigenvalue weighted by Crippen LogP contribution is -2.47. The molecule has 0 bridgehead atoms. The van der Waals surface area contributed by atoms with Gasteiger partial charge in [-0.1, -0.05) is 30.3 Å². The van der Waals surface area contributed by atoms with Gasteiger partial charge >= 0.3 is 0 Å². The maximum Gasteiger partial charge on any atom is 0.226 e. The molecule has 0 unspecified atom stereocenters. The van der Waals surface area contributed by atoms with Crippen LogP contribution in [0.3, 0.4) is 0 Å². The number of carbonyl (C=O) groups is 1. The van der Waals surface area contributed by atoms with Crippen molar-refractivity contribution < 1.29 is 9.53 Å². The van der Waals surface area contributed by atoms with E-state index in [1.54, 1.807) is 0 Å². The van der Waals surface area contributed by atoms with E-state index in [1.807, 2.05) is 41.8 Å². The number of benzene rings is 1. The molecule has 1 aromatic carbocycles. The lowest BCUT2D eigenvalue weighted by Gasteiger charge is -2.32. The fourth-order valence-electron chi connectivity index (χ4n) is 4.96. The maximum atomic E-state index is 12.7. The van der Waals surface area contributed by atoms with E-state index in [2.05, 4.69) is 28.3 Å². The monoisotopic (exact) mass is 352 g/mol. The SMILES string of the molecule is Cc1nn(C)cc1CN1CC[C@@]23O[C@@H](c4ccccc4)CN2C(=O)C[C@@H]13. The molecular formula is C20H24N4O2. The second-order valence-corrected chi connectivity index (χ2v) is 7.72. The minimum atomic E-state index is -0.451. The van der Waals surface area contributed by atoms with E-state index in [0.717, 1.165) is 30.8 Å². The highest BCUT2D eigenvalue weighted by atomic mass is 16.5. The van der Waals surface area contributed by atoms with E-state index in [0.29, 0.717) is 13.0 Å². The van der Waals surface area contributed by atoms with E-state index in [-0.39, 0.29) is 18.1 Å². The summed E-state index contributed by atoms with van der Waals surface area (Å²) in [6.07, 6.45) is 3.49. The Bertz CT molecular complexity index is 849. The molecule has 2 aromatic rings. The van der Waals surface area contributed by atoms with Gasteiger partial charge in [-0.25, -0.2) is 0 Å². The van der Waals surface area contributed by atoms with Crippen LogP contribution in [0.1, 0.15) is 35.8 Å². The zero-order chi connectivity index (χ0) is 17.9. The van der Waals surface area contributed by atoms with Crippen LogP contribution < -0.4 is 0 Å². The third kappa shape index (κ3) is 2.25. The maximum absolute atomic E-state index is 12.7. The minimum absolute atomic E-state index is 0.0250. The summed E-state index contributed by atoms with van der Waals surface area (Å²) in [7, 11) is 1.95. The van der Waals surface area contributed by atoms with Crippen LogP contribution in [0.2, 0.25) is 0 Å². The first-order valence-electron chi connectivity index (χ1n) is 9.33. The molecule has 1 amide bonds. The van der Waals surface area contributed by atoms with Gasteiger partial charge in [0.15, 0.2) is 5.72 Å². The van der Waals surface area contributed by atoms with Crippen LogP contribution in [0.5, 0.6) is 0 Å². The Kier molecular flexibility index (Phi) is 3.49. The number of nitrogens with zero attached hydrogens (tertiary/aromatic N) is 4. The summed E-state index contributed by atoms with van der Waals surface area (Å²) in [5.41, 5.74) is 3.00. The van der Waals surface area contributed by atoms with Crippen molar-refractivity contribution in [3.63, 3.8) is 0 Å². The van der Waals surface area contributed by atoms with Crippen LogP contribution >= 0.6 is 0 Å². The zero-order valence-electron chi connectivity index (χ0n) is 15.3. The summed E-state index contributed by atoms with van der Waals surface area (Å²) in [5, 5.41) is 4.45. The van der Waals surface area contributed by atoms with E-state index in [1.165, 1.54) is 5.56 Å². The van der Waals surface area contributed by atoms with Gasteiger partial charge in [-0.15, -0.1) is 0 Å². The summed E-state index contributed by atoms with van der Waals surface area (Å²) in [5.74, 6) is 0.223. The van der Waals surface area contributed by atoms with Crippen molar-refractivity contribution in [3.05, 3.63) is 53.3 Å². The standard InChI is InChI=1S/C20H24N4O2/c1-14-16(11-22(2)21-14)12-23-9-8-20-18(23)10-19(25)24(20)13-17(26-20)15-6-4-3-5-7-15/h3-7,11,17-18H,8-10,12-13H2,1-2H3/t17-,18-,20+/m1/s1. The van der Waals surface area contributed by atoms with Crippen LogP contribution in [0.4, 0.5) is 0 Å². The summed E-state index contributed by atoms with van der Waals surface area (Å²) >= 11 is 0. The van der Waals surface area contributed by atoms with E-state index in [9.17, 15) is 4.79 Å². The predicted octanol–water partition coefficient (Wildman–Crippen LogP) is 2.00. The summed E-state index contributed by atoms with van der Waals surface area (Å²) < 4.78 is 8.46. The van der Waals surface area contributed by atoms with Crippen LogP contribution in [-0.4, -0.2) is 50.3 Å². The number of aryl methyl sites for hydroxylation is 2. The number of rotatable bonds is 3. The summed E-state index contributed by atoms with van der Waals surface area (Å²) in [6.45, 7) is 4.49. The van der Waals surface area contributed by atoms with E-state index >= 15 is 0 Å². The Morgan fingerprint density at radius 2 is 2.12 bits per heavy atom. The molecule has 0 radical (unpaired) electrons. The predicted molar refractivity (Wildman–Crippen MR) is 96.1 cm³/mol. The molecule has 3 saturated heterocycles. The molecule has 3 fully saturated rings. The normalized spacial score (nSPS) is 30.8. The second kappa shape index (κ2) is 5.66. The van der Waals surface area contributed by atoms with Crippen molar-refractivity contribution in [2.45, 2.75) is 44.2 Å². The Labute approximate surface area is 153 Å². The molecule has 3 aliphatic heterocycles. The van der Waals surface area contributed by atoms with Crippen molar-refractivity contribution in [3.8, 4) is 0 Å². The molecule has 6 heteroatoms. The first kappa shape index (κ1) is 16.0. The number of amides is 1. The quantitative estimate of drug-likeness (QED) is 0.848. The van der Waals surface area contributed by atoms with Gasteiger partial charge < -0.3 is 9.64 Å². The highest BCUT2D eigenvalue weighted by Crippen LogP contribution is 2.50. The topological polar surface area (TPSA) is 50.6 Å². The van der Waals surface area contributed by atoms with E-state index < -0.39 is 5.72 Å². The Hall–Kier alpha value is -2.18. The molecule has 3 aliphatic rings. The molecule has 0 saturated carbocycles. The number of hydrogen-bond acceptors (Lipinski definition) is 4. The summed E-state index contributed by atoms with van der Waals surface area (Å²) in [4.78, 5) is 17.1. The zero-order valence-corrected chi connectivity index (χ0v) is 15.3. The number of aromatic nitrogens is 2. The third-order valence-corrected chi connectivity index (χ3v) is 6.20. The molecule has 1 spiro atoms. The lowest BCUT2D eigenvalue weighted by atomic mass is 10.1. The van der Waals surface area contributed by atoms with Gasteiger partial charge in [0.2, 0.25) is 5.91 Å². The largest absolute Gasteiger partial charge is 0.344 e. The van der Waals surface area contributed by atoms with Crippen LogP contribution in [0.15, 0.2) is 36.5 Å². The highest BCUT2D eigenvalue weighted by molar-refractivity contribution is 5.81. The van der Waals surface area contributed by atoms with E-state index in [4.69, 9.17) is 4.74 Å². The van der Waals surface area contributed by atoms with Gasteiger partial charge in [0.05, 0.1) is 18.3 Å². The molecule has 0 N–H and O–H groups in total. The van der Waals surface area contributed by atoms with Crippen molar-refractivity contribution in [2.75, 3.05) is 13.1 Å². The molecule has 4 heterocycles. The molecule has 0 aliphatic carbocycles. The average Bonchev–Trinajstić information content (AvgIpc) is 3.32. The second-order valence-electron chi connectivity index (χ2n) is 7.72. The van der Waals surface area contributed by atoms with Gasteiger partial charge in [0.1, 0.15) is 6.10 Å². The van der Waals surface area contributed by atoms with Gasteiger partial charge in [0.25, 0.3) is 0 Å². The molecule has 5 rings (SSSR count). The van der Waals surface area contributed by atoms with Crippen molar-refractivity contribution in [1.29, 1.82) is 0 Å². The molecule has 6 nitrogen and oxygen atoms in total. The van der Waals surface area contributed by atoms with Crippen molar-refractivity contribution in [2.24, 2.45) is 7.05 Å². The molecule has 3 atom stereocenters. The number of carbonyl (C=O) groups excluding carboxylic acids is 1. The first-order valence-corrected chi connectivity index (χ1v) is 9.33. The van der Waals surface area contributed by atoms with Crippen LogP contribution in [0, 0.1) is 6.92 Å². The van der Waals surface area contributed by atoms with Gasteiger partial charge in [-0.2, -0.15) is 5.10 Å². The van der Waals surface area contributed by atoms with Crippen LogP contribution in [-0.2, 0) is 23.1 Å².